The molecule has 0 aromatic heterocycles. The lowest BCUT2D eigenvalue weighted by atomic mass is 10.4. The number of rotatable bonds is 1. The van der Waals surface area contributed by atoms with Crippen LogP contribution in [0.4, 0.5) is 0 Å². The van der Waals surface area contributed by atoms with Crippen LogP contribution in [0, 0.1) is 6.07 Å². The van der Waals surface area contributed by atoms with Crippen molar-refractivity contribution in [3.63, 3.8) is 0 Å². The molecule has 0 amide bonds. The summed E-state index contributed by atoms with van der Waals surface area (Å²) in [7, 11) is 1.91. The highest BCUT2D eigenvalue weighted by atomic mass is 127. The second-order valence-electron chi connectivity index (χ2n) is 1.35. The van der Waals surface area contributed by atoms with Crippen LogP contribution in [0.3, 0.4) is 0 Å². The van der Waals surface area contributed by atoms with Gasteiger partial charge in [-0.05, 0) is 14.0 Å². The molecule has 1 atom stereocenters. The molecule has 0 saturated heterocycles. The fourth-order valence-corrected chi connectivity index (χ4v) is 0.228. The molecule has 0 aromatic carbocycles. The van der Waals surface area contributed by atoms with Crippen molar-refractivity contribution in [2.45, 2.75) is 13.0 Å². The molecule has 0 fully saturated rings. The van der Waals surface area contributed by atoms with Crippen LogP contribution < -0.4 is 5.26 Å². The van der Waals surface area contributed by atoms with Crippen LogP contribution in [0.2, 0.25) is 0 Å². The molecule has 1 N–H and O–H groups in total. The van der Waals surface area contributed by atoms with E-state index in [1.165, 1.54) is 0 Å². The van der Waals surface area contributed by atoms with Crippen molar-refractivity contribution in [3.05, 3.63) is 0 Å². The first-order valence-corrected chi connectivity index (χ1v) is 2.96. The fourth-order valence-electron chi connectivity index (χ4n) is 0.0889. The number of hydrogen-bond donors (Lipinski definition) is 1. The van der Waals surface area contributed by atoms with Crippen molar-refractivity contribution < 1.29 is 5.26 Å². The van der Waals surface area contributed by atoms with Gasteiger partial charge in [-0.3, -0.25) is 0 Å². The molecule has 0 aromatic rings. The molecule has 0 radical (unpaired) electrons. The summed E-state index contributed by atoms with van der Waals surface area (Å²) in [4.78, 5) is 0. The predicted molar refractivity (Wildman–Crippen MR) is 36.1 cm³/mol. The summed E-state index contributed by atoms with van der Waals surface area (Å²) >= 11 is 2.12. The monoisotopic (exact) mass is 211 g/mol. The van der Waals surface area contributed by atoms with Gasteiger partial charge in [0.2, 0.25) is 0 Å². The van der Waals surface area contributed by atoms with Crippen LogP contribution in [0.1, 0.15) is 6.92 Å². The Kier molecular flexibility index (Phi) is 3.30. The Labute approximate surface area is 57.6 Å². The minimum absolute atomic E-state index is 0.139. The van der Waals surface area contributed by atoms with Gasteiger partial charge in [-0.15, -0.1) is 0 Å². The lowest BCUT2D eigenvalue weighted by molar-refractivity contribution is -0.0973. The summed E-state index contributed by atoms with van der Waals surface area (Å²) in [6, 6.07) is 2.47. The quantitative estimate of drug-likeness (QED) is 0.456. The SMILES string of the molecule is C[C@@H](C#[NH+])N(C)I. The summed E-state index contributed by atoms with van der Waals surface area (Å²) in [5.74, 6) is 0. The normalized spacial score (nSPS) is 13.6. The minimum atomic E-state index is 0.139. The molecule has 0 aliphatic heterocycles. The van der Waals surface area contributed by atoms with Crippen molar-refractivity contribution in [1.82, 2.24) is 3.11 Å². The molecular formula is C4H8IN2+. The van der Waals surface area contributed by atoms with Gasteiger partial charge in [-0.2, -0.15) is 0 Å². The maximum atomic E-state index is 6.64. The van der Waals surface area contributed by atoms with Gasteiger partial charge in [0.25, 0.3) is 6.07 Å². The predicted octanol–water partition coefficient (Wildman–Crippen LogP) is -0.571. The smallest absolute Gasteiger partial charge is 0.230 e. The maximum Gasteiger partial charge on any atom is 0.289 e. The van der Waals surface area contributed by atoms with Crippen molar-refractivity contribution >= 4 is 22.9 Å². The van der Waals surface area contributed by atoms with Crippen molar-refractivity contribution in [2.75, 3.05) is 7.05 Å². The average molecular weight is 211 g/mol. The van der Waals surface area contributed by atoms with Gasteiger partial charge < -0.3 is 0 Å². The largest absolute Gasteiger partial charge is 0.289 e. The molecule has 7 heavy (non-hydrogen) atoms. The Hall–Kier alpha value is 0.180. The molecule has 3 heteroatoms. The first kappa shape index (κ1) is 7.18. The maximum absolute atomic E-state index is 6.64. The third kappa shape index (κ3) is 2.83. The van der Waals surface area contributed by atoms with Crippen molar-refractivity contribution in [3.8, 4) is 6.07 Å². The molecule has 0 saturated carbocycles. The fraction of sp³-hybridized carbons (Fsp3) is 0.750. The van der Waals surface area contributed by atoms with Crippen molar-refractivity contribution in [1.29, 1.82) is 0 Å². The lowest BCUT2D eigenvalue weighted by Gasteiger charge is -2.03. The molecular weight excluding hydrogens is 203 g/mol. The Morgan fingerprint density at radius 3 is 2.29 bits per heavy atom. The zero-order chi connectivity index (χ0) is 5.86. The highest BCUT2D eigenvalue weighted by Gasteiger charge is 2.04. The molecule has 2 nitrogen and oxygen atoms in total. The Balaban J connectivity index is 3.40. The summed E-state index contributed by atoms with van der Waals surface area (Å²) in [6.07, 6.45) is 0. The number of nitrogens with one attached hydrogen (secondary N) is 1. The zero-order valence-electron chi connectivity index (χ0n) is 4.40. The van der Waals surface area contributed by atoms with E-state index in [2.05, 4.69) is 28.9 Å². The number of nitrogens with zero attached hydrogens (tertiary/aromatic N) is 1. The number of hydrogen-bond acceptors (Lipinski definition) is 1. The molecule has 0 aliphatic rings. The van der Waals surface area contributed by atoms with Gasteiger partial charge in [0, 0.05) is 22.9 Å². The van der Waals surface area contributed by atoms with E-state index < -0.39 is 0 Å². The molecule has 0 heterocycles. The molecule has 0 bridgehead atoms. The Bertz CT molecular complexity index is 84.2. The second-order valence-corrected chi connectivity index (χ2v) is 2.87. The first-order valence-electron chi connectivity index (χ1n) is 1.99. The average Bonchev–Trinajstić information content (AvgIpc) is 1.65. The third-order valence-electron chi connectivity index (χ3n) is 0.743. The Morgan fingerprint density at radius 2 is 2.29 bits per heavy atom. The van der Waals surface area contributed by atoms with E-state index in [9.17, 15) is 0 Å². The summed E-state index contributed by atoms with van der Waals surface area (Å²) < 4.78 is 1.89. The van der Waals surface area contributed by atoms with E-state index in [4.69, 9.17) is 5.26 Å². The zero-order valence-corrected chi connectivity index (χ0v) is 6.56. The van der Waals surface area contributed by atoms with E-state index in [1.54, 1.807) is 0 Å². The molecule has 0 aliphatic carbocycles. The van der Waals surface area contributed by atoms with E-state index >= 15 is 0 Å². The van der Waals surface area contributed by atoms with Gasteiger partial charge in [0.05, 0.1) is 0 Å². The summed E-state index contributed by atoms with van der Waals surface area (Å²) in [6.45, 7) is 1.92. The van der Waals surface area contributed by atoms with Gasteiger partial charge in [-0.25, -0.2) is 3.11 Å². The van der Waals surface area contributed by atoms with E-state index in [-0.39, 0.29) is 6.04 Å². The van der Waals surface area contributed by atoms with Crippen LogP contribution in [0.25, 0.3) is 0 Å². The van der Waals surface area contributed by atoms with Gasteiger partial charge in [0.15, 0.2) is 0 Å². The molecule has 40 valence electrons. The molecule has 0 unspecified atom stereocenters. The topological polar surface area (TPSA) is 27.0 Å². The standard InChI is InChI=1S/C4H7IN2/c1-4(3-6)7(2)5/h4H,1-2H3/p+1/t4-/m0/s1. The minimum Gasteiger partial charge on any atom is -0.230 e. The highest BCUT2D eigenvalue weighted by Crippen LogP contribution is 1.97. The first-order chi connectivity index (χ1) is 3.18. The van der Waals surface area contributed by atoms with Gasteiger partial charge in [0.1, 0.15) is 6.04 Å². The van der Waals surface area contributed by atoms with Crippen LogP contribution >= 0.6 is 22.9 Å². The van der Waals surface area contributed by atoms with E-state index in [0.717, 1.165) is 0 Å². The van der Waals surface area contributed by atoms with Gasteiger partial charge >= 0.3 is 0 Å². The van der Waals surface area contributed by atoms with E-state index in [0.29, 0.717) is 0 Å². The number of halogens is 1. The lowest BCUT2D eigenvalue weighted by Crippen LogP contribution is -2.28. The summed E-state index contributed by atoms with van der Waals surface area (Å²) in [5, 5.41) is 6.64. The summed E-state index contributed by atoms with van der Waals surface area (Å²) in [5.41, 5.74) is 0. The third-order valence-corrected chi connectivity index (χ3v) is 1.58. The Morgan fingerprint density at radius 1 is 1.86 bits per heavy atom. The second kappa shape index (κ2) is 3.22. The van der Waals surface area contributed by atoms with E-state index in [1.807, 2.05) is 17.1 Å². The van der Waals surface area contributed by atoms with Crippen LogP contribution in [0.5, 0.6) is 0 Å². The molecule has 0 spiro atoms. The van der Waals surface area contributed by atoms with Crippen LogP contribution in [-0.2, 0) is 0 Å². The van der Waals surface area contributed by atoms with Gasteiger partial charge in [-0.1, -0.05) is 5.26 Å². The highest BCUT2D eigenvalue weighted by molar-refractivity contribution is 14.1. The molecule has 0 rings (SSSR count). The van der Waals surface area contributed by atoms with Crippen molar-refractivity contribution in [2.24, 2.45) is 0 Å². The van der Waals surface area contributed by atoms with Crippen LogP contribution in [-0.4, -0.2) is 16.2 Å². The van der Waals surface area contributed by atoms with Crippen LogP contribution in [0.15, 0.2) is 0 Å².